The maximum Gasteiger partial charge on any atom is 0.269 e. The summed E-state index contributed by atoms with van der Waals surface area (Å²) in [5.41, 5.74) is 3.86. The van der Waals surface area contributed by atoms with E-state index in [-0.39, 0.29) is 18.0 Å². The number of nitrogens with one attached hydrogen (secondary N) is 1. The van der Waals surface area contributed by atoms with Gasteiger partial charge in [0.25, 0.3) is 5.69 Å². The van der Waals surface area contributed by atoms with Crippen molar-refractivity contribution in [3.63, 3.8) is 0 Å². The van der Waals surface area contributed by atoms with Crippen molar-refractivity contribution in [3.05, 3.63) is 75.2 Å². The Kier molecular flexibility index (Phi) is 6.16. The third kappa shape index (κ3) is 4.80. The fourth-order valence-electron chi connectivity index (χ4n) is 2.77. The summed E-state index contributed by atoms with van der Waals surface area (Å²) in [5.74, 6) is 0.320. The minimum atomic E-state index is -0.462. The molecule has 0 spiro atoms. The Balaban J connectivity index is 1.62. The number of nitrogens with zero attached hydrogens (tertiary/aromatic N) is 2. The molecule has 2 aromatic carbocycles. The lowest BCUT2D eigenvalue weighted by atomic mass is 9.97. The van der Waals surface area contributed by atoms with E-state index in [1.165, 1.54) is 29.0 Å². The van der Waals surface area contributed by atoms with E-state index in [0.717, 1.165) is 17.7 Å². The van der Waals surface area contributed by atoms with Gasteiger partial charge in [-0.3, -0.25) is 14.9 Å². The monoisotopic (exact) mass is 395 g/mol. The van der Waals surface area contributed by atoms with E-state index in [4.69, 9.17) is 0 Å². The lowest BCUT2D eigenvalue weighted by Crippen LogP contribution is -2.14. The number of hydrogen-bond donors (Lipinski definition) is 1. The van der Waals surface area contributed by atoms with Crippen LogP contribution in [-0.4, -0.2) is 15.8 Å². The van der Waals surface area contributed by atoms with E-state index in [1.807, 2.05) is 5.38 Å². The van der Waals surface area contributed by atoms with Gasteiger partial charge in [0, 0.05) is 23.1 Å². The van der Waals surface area contributed by atoms with Gasteiger partial charge >= 0.3 is 0 Å². The van der Waals surface area contributed by atoms with Gasteiger partial charge < -0.3 is 5.32 Å². The van der Waals surface area contributed by atoms with Crippen molar-refractivity contribution >= 4 is 28.1 Å². The van der Waals surface area contributed by atoms with Crippen LogP contribution in [-0.2, 0) is 11.2 Å². The minimum absolute atomic E-state index is 0.00747. The Bertz CT molecular complexity index is 965. The number of non-ortho nitro benzene ring substituents is 1. The average Bonchev–Trinajstić information content (AvgIpc) is 3.16. The molecule has 0 saturated carbocycles. The molecular weight excluding hydrogens is 374 g/mol. The Labute approximate surface area is 167 Å². The molecule has 1 amide bonds. The first-order valence-electron chi connectivity index (χ1n) is 9.05. The van der Waals surface area contributed by atoms with Gasteiger partial charge in [-0.2, -0.15) is 0 Å². The molecular formula is C21H21N3O3S. The molecule has 0 saturated heterocycles. The van der Waals surface area contributed by atoms with E-state index < -0.39 is 4.92 Å². The molecule has 0 aliphatic rings. The predicted molar refractivity (Wildman–Crippen MR) is 112 cm³/mol. The molecule has 0 aliphatic heterocycles. The van der Waals surface area contributed by atoms with Crippen LogP contribution in [0.3, 0.4) is 0 Å². The zero-order chi connectivity index (χ0) is 20.1. The Morgan fingerprint density at radius 2 is 1.86 bits per heavy atom. The Morgan fingerprint density at radius 1 is 1.18 bits per heavy atom. The van der Waals surface area contributed by atoms with E-state index in [0.29, 0.717) is 16.6 Å². The number of benzene rings is 2. The normalized spacial score (nSPS) is 11.8. The van der Waals surface area contributed by atoms with Crippen LogP contribution in [0, 0.1) is 10.1 Å². The maximum atomic E-state index is 12.2. The van der Waals surface area contributed by atoms with Crippen molar-refractivity contribution in [1.29, 1.82) is 0 Å². The maximum absolute atomic E-state index is 12.2. The Hall–Kier alpha value is -3.06. The van der Waals surface area contributed by atoms with E-state index in [2.05, 4.69) is 48.4 Å². The molecule has 28 heavy (non-hydrogen) atoms. The van der Waals surface area contributed by atoms with Crippen molar-refractivity contribution in [2.24, 2.45) is 0 Å². The number of amides is 1. The zero-order valence-corrected chi connectivity index (χ0v) is 16.5. The fourth-order valence-corrected chi connectivity index (χ4v) is 3.50. The number of anilines is 1. The first kappa shape index (κ1) is 19.7. The smallest absolute Gasteiger partial charge is 0.269 e. The molecule has 0 radical (unpaired) electrons. The predicted octanol–water partition coefficient (Wildman–Crippen LogP) is 5.41. The second kappa shape index (κ2) is 8.75. The molecule has 3 aromatic rings. The van der Waals surface area contributed by atoms with Crippen LogP contribution in [0.4, 0.5) is 10.8 Å². The summed E-state index contributed by atoms with van der Waals surface area (Å²) in [6, 6.07) is 14.3. The summed E-state index contributed by atoms with van der Waals surface area (Å²) in [6.45, 7) is 4.38. The third-order valence-electron chi connectivity index (χ3n) is 4.65. The molecule has 0 aliphatic carbocycles. The summed E-state index contributed by atoms with van der Waals surface area (Å²) < 4.78 is 0. The van der Waals surface area contributed by atoms with Crippen molar-refractivity contribution in [2.45, 2.75) is 32.6 Å². The number of hydrogen-bond acceptors (Lipinski definition) is 5. The average molecular weight is 395 g/mol. The van der Waals surface area contributed by atoms with Crippen LogP contribution >= 0.6 is 11.3 Å². The fraction of sp³-hybridized carbons (Fsp3) is 0.238. The largest absolute Gasteiger partial charge is 0.302 e. The van der Waals surface area contributed by atoms with Crippen LogP contribution in [0.1, 0.15) is 37.3 Å². The third-order valence-corrected chi connectivity index (χ3v) is 5.41. The molecule has 7 heteroatoms. The highest BCUT2D eigenvalue weighted by Gasteiger charge is 2.11. The highest BCUT2D eigenvalue weighted by Crippen LogP contribution is 2.27. The van der Waals surface area contributed by atoms with Gasteiger partial charge in [-0.05, 0) is 23.5 Å². The summed E-state index contributed by atoms with van der Waals surface area (Å²) in [6.07, 6.45) is 1.23. The van der Waals surface area contributed by atoms with E-state index >= 15 is 0 Å². The van der Waals surface area contributed by atoms with Gasteiger partial charge in [-0.1, -0.05) is 50.2 Å². The molecule has 1 aromatic heterocycles. The quantitative estimate of drug-likeness (QED) is 0.428. The number of carbonyl (C=O) groups excluding carboxylic acids is 1. The number of nitro benzene ring substituents is 1. The highest BCUT2D eigenvalue weighted by atomic mass is 32.1. The van der Waals surface area contributed by atoms with Gasteiger partial charge in [0.15, 0.2) is 5.13 Å². The minimum Gasteiger partial charge on any atom is -0.302 e. The van der Waals surface area contributed by atoms with Gasteiger partial charge in [0.2, 0.25) is 5.91 Å². The summed E-state index contributed by atoms with van der Waals surface area (Å²) in [4.78, 5) is 26.9. The summed E-state index contributed by atoms with van der Waals surface area (Å²) in [7, 11) is 0. The summed E-state index contributed by atoms with van der Waals surface area (Å²) in [5, 5.41) is 15.9. The highest BCUT2D eigenvalue weighted by molar-refractivity contribution is 7.14. The van der Waals surface area contributed by atoms with Crippen LogP contribution in [0.2, 0.25) is 0 Å². The standard InChI is InChI=1S/C21H21N3O3S/c1-3-14(2)16-6-8-17(9-7-16)19-13-28-21(22-19)23-20(25)12-15-4-10-18(11-5-15)24(26)27/h4-11,13-14H,3,12H2,1-2H3,(H,22,23,25). The molecule has 0 fully saturated rings. The molecule has 0 bridgehead atoms. The van der Waals surface area contributed by atoms with Gasteiger partial charge in [-0.25, -0.2) is 4.98 Å². The van der Waals surface area contributed by atoms with Crippen LogP contribution in [0.25, 0.3) is 11.3 Å². The molecule has 6 nitrogen and oxygen atoms in total. The van der Waals surface area contributed by atoms with Gasteiger partial charge in [0.1, 0.15) is 0 Å². The van der Waals surface area contributed by atoms with Crippen molar-refractivity contribution < 1.29 is 9.72 Å². The van der Waals surface area contributed by atoms with E-state index in [1.54, 1.807) is 12.1 Å². The SMILES string of the molecule is CCC(C)c1ccc(-c2csc(NC(=O)Cc3ccc([N+](=O)[O-])cc3)n2)cc1. The lowest BCUT2D eigenvalue weighted by molar-refractivity contribution is -0.384. The zero-order valence-electron chi connectivity index (χ0n) is 15.7. The lowest BCUT2D eigenvalue weighted by Gasteiger charge is -2.08. The van der Waals surface area contributed by atoms with Gasteiger partial charge in [-0.15, -0.1) is 11.3 Å². The second-order valence-electron chi connectivity index (χ2n) is 6.62. The molecule has 1 atom stereocenters. The molecule has 1 N–H and O–H groups in total. The Morgan fingerprint density at radius 3 is 2.46 bits per heavy atom. The van der Waals surface area contributed by atoms with Gasteiger partial charge in [0.05, 0.1) is 17.0 Å². The summed E-state index contributed by atoms with van der Waals surface area (Å²) >= 11 is 1.37. The van der Waals surface area contributed by atoms with Crippen molar-refractivity contribution in [3.8, 4) is 11.3 Å². The molecule has 3 rings (SSSR count). The number of aromatic nitrogens is 1. The van der Waals surface area contributed by atoms with Crippen LogP contribution < -0.4 is 5.32 Å². The second-order valence-corrected chi connectivity index (χ2v) is 7.48. The number of nitro groups is 1. The van der Waals surface area contributed by atoms with Crippen molar-refractivity contribution in [1.82, 2.24) is 4.98 Å². The molecule has 144 valence electrons. The van der Waals surface area contributed by atoms with Crippen LogP contribution in [0.5, 0.6) is 0 Å². The van der Waals surface area contributed by atoms with Crippen molar-refractivity contribution in [2.75, 3.05) is 5.32 Å². The number of carbonyl (C=O) groups is 1. The number of rotatable bonds is 7. The first-order valence-corrected chi connectivity index (χ1v) is 9.93. The topological polar surface area (TPSA) is 85.1 Å². The molecule has 1 heterocycles. The van der Waals surface area contributed by atoms with Crippen LogP contribution in [0.15, 0.2) is 53.9 Å². The number of thiazole rings is 1. The first-order chi connectivity index (χ1) is 13.5. The molecule has 1 unspecified atom stereocenters. The van der Waals surface area contributed by atoms with E-state index in [9.17, 15) is 14.9 Å².